The zero-order chi connectivity index (χ0) is 13.7. The van der Waals surface area contributed by atoms with E-state index in [-0.39, 0.29) is 5.91 Å². The number of nitrogens with zero attached hydrogens (tertiary/aromatic N) is 3. The highest BCUT2D eigenvalue weighted by Crippen LogP contribution is 2.21. The minimum Gasteiger partial charge on any atom is -0.337 e. The van der Waals surface area contributed by atoms with Crippen LogP contribution in [-0.2, 0) is 0 Å². The maximum absolute atomic E-state index is 12.3. The summed E-state index contributed by atoms with van der Waals surface area (Å²) in [6.45, 7) is 3.85. The first-order valence-corrected chi connectivity index (χ1v) is 6.90. The number of nitriles is 1. The first-order valence-electron chi connectivity index (χ1n) is 6.90. The average Bonchev–Trinajstić information content (AvgIpc) is 2.72. The Morgan fingerprint density at radius 3 is 2.95 bits per heavy atom. The predicted octanol–water partition coefficient (Wildman–Crippen LogP) is 2.61. The summed E-state index contributed by atoms with van der Waals surface area (Å²) in [6.07, 6.45) is 6.01. The van der Waals surface area contributed by atoms with Crippen molar-refractivity contribution < 1.29 is 4.79 Å². The average molecular weight is 257 g/mol. The van der Waals surface area contributed by atoms with Crippen molar-refractivity contribution >= 4 is 5.91 Å². The Balaban J connectivity index is 2.04. The number of pyridine rings is 1. The van der Waals surface area contributed by atoms with Crippen molar-refractivity contribution in [2.24, 2.45) is 5.92 Å². The highest BCUT2D eigenvalue weighted by atomic mass is 16.2. The van der Waals surface area contributed by atoms with E-state index in [1.54, 1.807) is 12.1 Å². The van der Waals surface area contributed by atoms with Crippen LogP contribution in [0.15, 0.2) is 18.3 Å². The van der Waals surface area contributed by atoms with E-state index < -0.39 is 0 Å². The van der Waals surface area contributed by atoms with Gasteiger partial charge >= 0.3 is 0 Å². The Labute approximate surface area is 114 Å². The van der Waals surface area contributed by atoms with Crippen molar-refractivity contribution in [2.45, 2.75) is 32.6 Å². The molecule has 4 nitrogen and oxygen atoms in total. The smallest absolute Gasteiger partial charge is 0.272 e. The molecule has 2 heterocycles. The van der Waals surface area contributed by atoms with E-state index >= 15 is 0 Å². The Hall–Kier alpha value is -1.89. The van der Waals surface area contributed by atoms with Gasteiger partial charge in [0.2, 0.25) is 0 Å². The van der Waals surface area contributed by atoms with Crippen LogP contribution in [0.3, 0.4) is 0 Å². The molecule has 1 unspecified atom stereocenters. The van der Waals surface area contributed by atoms with Crippen LogP contribution in [-0.4, -0.2) is 28.9 Å². The van der Waals surface area contributed by atoms with E-state index in [4.69, 9.17) is 5.26 Å². The van der Waals surface area contributed by atoms with Gasteiger partial charge in [0.15, 0.2) is 0 Å². The molecule has 0 radical (unpaired) electrons. The number of rotatable bonds is 2. The highest BCUT2D eigenvalue weighted by Gasteiger charge is 2.21. The van der Waals surface area contributed by atoms with Crippen LogP contribution >= 0.6 is 0 Å². The molecule has 100 valence electrons. The molecule has 1 aliphatic rings. The first-order chi connectivity index (χ1) is 9.24. The number of hydrogen-bond acceptors (Lipinski definition) is 3. The van der Waals surface area contributed by atoms with Crippen LogP contribution in [0, 0.1) is 17.2 Å². The highest BCUT2D eigenvalue weighted by molar-refractivity contribution is 5.92. The first kappa shape index (κ1) is 13.5. The lowest BCUT2D eigenvalue weighted by Gasteiger charge is -2.20. The van der Waals surface area contributed by atoms with Crippen molar-refractivity contribution in [3.63, 3.8) is 0 Å². The standard InChI is InChI=1S/C15H19N3O/c1-2-12-4-3-8-18(9-7-12)15(19)14-6-5-13(10-16)11-17-14/h5-6,11-12H,2-4,7-9H2,1H3. The molecule has 1 aliphatic heterocycles. The molecule has 0 aromatic carbocycles. The number of carbonyl (C=O) groups is 1. The van der Waals surface area contributed by atoms with E-state index in [1.165, 1.54) is 19.0 Å². The number of likely N-dealkylation sites (tertiary alicyclic amines) is 1. The van der Waals surface area contributed by atoms with Crippen molar-refractivity contribution in [3.05, 3.63) is 29.6 Å². The van der Waals surface area contributed by atoms with E-state index in [1.807, 2.05) is 11.0 Å². The summed E-state index contributed by atoms with van der Waals surface area (Å²) in [7, 11) is 0. The quantitative estimate of drug-likeness (QED) is 0.818. The molecule has 1 fully saturated rings. The van der Waals surface area contributed by atoms with Crippen molar-refractivity contribution in [1.29, 1.82) is 5.26 Å². The van der Waals surface area contributed by atoms with Gasteiger partial charge in [0, 0.05) is 19.3 Å². The monoisotopic (exact) mass is 257 g/mol. The molecule has 0 N–H and O–H groups in total. The van der Waals surface area contributed by atoms with Gasteiger partial charge in [-0.15, -0.1) is 0 Å². The maximum atomic E-state index is 12.3. The van der Waals surface area contributed by atoms with Crippen molar-refractivity contribution in [3.8, 4) is 6.07 Å². The zero-order valence-corrected chi connectivity index (χ0v) is 11.3. The van der Waals surface area contributed by atoms with Crippen LogP contribution in [0.2, 0.25) is 0 Å². The fraction of sp³-hybridized carbons (Fsp3) is 0.533. The second-order valence-electron chi connectivity index (χ2n) is 5.04. The van der Waals surface area contributed by atoms with Gasteiger partial charge in [-0.1, -0.05) is 13.3 Å². The van der Waals surface area contributed by atoms with Gasteiger partial charge in [0.05, 0.1) is 5.56 Å². The summed E-state index contributed by atoms with van der Waals surface area (Å²) >= 11 is 0. The lowest BCUT2D eigenvalue weighted by atomic mass is 9.98. The SMILES string of the molecule is CCC1CCCN(C(=O)c2ccc(C#N)cn2)CC1. The van der Waals surface area contributed by atoms with Crippen molar-refractivity contribution in [1.82, 2.24) is 9.88 Å². The maximum Gasteiger partial charge on any atom is 0.272 e. The summed E-state index contributed by atoms with van der Waals surface area (Å²) in [5, 5.41) is 8.72. The summed E-state index contributed by atoms with van der Waals surface area (Å²) < 4.78 is 0. The molecule has 1 saturated heterocycles. The van der Waals surface area contributed by atoms with Gasteiger partial charge < -0.3 is 4.90 Å². The number of carbonyl (C=O) groups excluding carboxylic acids is 1. The van der Waals surface area contributed by atoms with E-state index in [0.29, 0.717) is 11.3 Å². The molecule has 1 aromatic rings. The lowest BCUT2D eigenvalue weighted by molar-refractivity contribution is 0.0754. The molecular formula is C15H19N3O. The zero-order valence-electron chi connectivity index (χ0n) is 11.3. The van der Waals surface area contributed by atoms with E-state index in [0.717, 1.165) is 31.8 Å². The van der Waals surface area contributed by atoms with Crippen molar-refractivity contribution in [2.75, 3.05) is 13.1 Å². The second-order valence-corrected chi connectivity index (χ2v) is 5.04. The predicted molar refractivity (Wildman–Crippen MR) is 72.5 cm³/mol. The summed E-state index contributed by atoms with van der Waals surface area (Å²) in [6, 6.07) is 5.30. The molecule has 1 aromatic heterocycles. The lowest BCUT2D eigenvalue weighted by Crippen LogP contribution is -2.32. The third-order valence-corrected chi connectivity index (χ3v) is 3.82. The Morgan fingerprint density at radius 2 is 2.32 bits per heavy atom. The van der Waals surface area contributed by atoms with Gasteiger partial charge in [-0.25, -0.2) is 4.98 Å². The van der Waals surface area contributed by atoms with Crippen LogP contribution in [0.5, 0.6) is 0 Å². The van der Waals surface area contributed by atoms with Crippen LogP contribution in [0.4, 0.5) is 0 Å². The molecule has 0 spiro atoms. The third kappa shape index (κ3) is 3.31. The fourth-order valence-corrected chi connectivity index (χ4v) is 2.53. The number of amides is 1. The molecule has 4 heteroatoms. The van der Waals surface area contributed by atoms with Crippen LogP contribution < -0.4 is 0 Å². The van der Waals surface area contributed by atoms with E-state index in [2.05, 4.69) is 11.9 Å². The molecule has 19 heavy (non-hydrogen) atoms. The van der Waals surface area contributed by atoms with Crippen LogP contribution in [0.25, 0.3) is 0 Å². The Bertz CT molecular complexity index is 475. The molecule has 0 saturated carbocycles. The minimum atomic E-state index is -0.0127. The number of aromatic nitrogens is 1. The van der Waals surface area contributed by atoms with Gasteiger partial charge in [0.25, 0.3) is 5.91 Å². The fourth-order valence-electron chi connectivity index (χ4n) is 2.53. The molecule has 0 bridgehead atoms. The summed E-state index contributed by atoms with van der Waals surface area (Å²) in [5.74, 6) is 0.730. The number of hydrogen-bond donors (Lipinski definition) is 0. The summed E-state index contributed by atoms with van der Waals surface area (Å²) in [4.78, 5) is 18.3. The molecule has 0 aliphatic carbocycles. The Kier molecular flexibility index (Phi) is 4.51. The minimum absolute atomic E-state index is 0.0127. The molecule has 2 rings (SSSR count). The van der Waals surface area contributed by atoms with Crippen LogP contribution in [0.1, 0.15) is 48.7 Å². The van der Waals surface area contributed by atoms with Gasteiger partial charge in [-0.3, -0.25) is 4.79 Å². The molecular weight excluding hydrogens is 238 g/mol. The Morgan fingerprint density at radius 1 is 1.47 bits per heavy atom. The van der Waals surface area contributed by atoms with Gasteiger partial charge in [-0.05, 0) is 37.3 Å². The van der Waals surface area contributed by atoms with Gasteiger partial charge in [-0.2, -0.15) is 5.26 Å². The van der Waals surface area contributed by atoms with Gasteiger partial charge in [0.1, 0.15) is 11.8 Å². The summed E-state index contributed by atoms with van der Waals surface area (Å²) in [5.41, 5.74) is 0.924. The molecule has 1 amide bonds. The largest absolute Gasteiger partial charge is 0.337 e. The topological polar surface area (TPSA) is 57.0 Å². The second kappa shape index (κ2) is 6.33. The van der Waals surface area contributed by atoms with E-state index in [9.17, 15) is 4.79 Å². The third-order valence-electron chi connectivity index (χ3n) is 3.82. The normalized spacial score (nSPS) is 19.6. The molecule has 1 atom stereocenters.